The molecule has 1 saturated heterocycles. The zero-order valence-electron chi connectivity index (χ0n) is 11.6. The van der Waals surface area contributed by atoms with Gasteiger partial charge >= 0.3 is 0 Å². The standard InChI is InChI=1S/C16H21N3O/c17-9-4-7-13-5-3-6-14(11-13)12-19-10-2-1-8-15(19)16(18)20/h3,5-6,11,15H,1-2,8-10,12,17H2,(H2,18,20). The van der Waals surface area contributed by atoms with Gasteiger partial charge in [-0.3, -0.25) is 9.69 Å². The van der Waals surface area contributed by atoms with Crippen LogP contribution in [0.5, 0.6) is 0 Å². The Morgan fingerprint density at radius 3 is 3.00 bits per heavy atom. The second-order valence-electron chi connectivity index (χ2n) is 5.09. The molecular formula is C16H21N3O. The number of carbonyl (C=O) groups is 1. The summed E-state index contributed by atoms with van der Waals surface area (Å²) in [6.45, 7) is 2.03. The Labute approximate surface area is 120 Å². The number of piperidine rings is 1. The molecule has 0 radical (unpaired) electrons. The van der Waals surface area contributed by atoms with E-state index in [1.54, 1.807) is 0 Å². The van der Waals surface area contributed by atoms with Crippen molar-refractivity contribution in [1.82, 2.24) is 4.90 Å². The van der Waals surface area contributed by atoms with Crippen LogP contribution in [-0.4, -0.2) is 29.9 Å². The average Bonchev–Trinajstić information content (AvgIpc) is 2.46. The Morgan fingerprint density at radius 2 is 2.25 bits per heavy atom. The fourth-order valence-corrected chi connectivity index (χ4v) is 2.64. The Bertz CT molecular complexity index is 530. The van der Waals surface area contributed by atoms with Crippen LogP contribution < -0.4 is 11.5 Å². The molecule has 2 rings (SSSR count). The summed E-state index contributed by atoms with van der Waals surface area (Å²) in [5.74, 6) is 5.66. The molecule has 0 aliphatic carbocycles. The minimum Gasteiger partial charge on any atom is -0.368 e. The molecule has 106 valence electrons. The van der Waals surface area contributed by atoms with Gasteiger partial charge in [0.1, 0.15) is 0 Å². The van der Waals surface area contributed by atoms with Gasteiger partial charge in [0.2, 0.25) is 5.91 Å². The summed E-state index contributed by atoms with van der Waals surface area (Å²) >= 11 is 0. The Balaban J connectivity index is 2.10. The van der Waals surface area contributed by atoms with Crippen molar-refractivity contribution in [2.45, 2.75) is 31.8 Å². The SMILES string of the molecule is NCC#Cc1cccc(CN2CCCCC2C(N)=O)c1. The molecule has 1 amide bonds. The molecule has 4 nitrogen and oxygen atoms in total. The maximum atomic E-state index is 11.5. The molecule has 0 bridgehead atoms. The van der Waals surface area contributed by atoms with Crippen LogP contribution in [0.4, 0.5) is 0 Å². The molecule has 1 unspecified atom stereocenters. The van der Waals surface area contributed by atoms with E-state index < -0.39 is 0 Å². The Kier molecular flexibility index (Phi) is 5.16. The van der Waals surface area contributed by atoms with Gasteiger partial charge in [-0.2, -0.15) is 0 Å². The lowest BCUT2D eigenvalue weighted by atomic mass is 10.0. The summed E-state index contributed by atoms with van der Waals surface area (Å²) < 4.78 is 0. The number of amides is 1. The topological polar surface area (TPSA) is 72.3 Å². The highest BCUT2D eigenvalue weighted by atomic mass is 16.1. The molecule has 4 heteroatoms. The van der Waals surface area contributed by atoms with Crippen LogP contribution in [0.15, 0.2) is 24.3 Å². The second-order valence-corrected chi connectivity index (χ2v) is 5.09. The van der Waals surface area contributed by atoms with Gasteiger partial charge in [-0.15, -0.1) is 0 Å². The number of likely N-dealkylation sites (tertiary alicyclic amines) is 1. The lowest BCUT2D eigenvalue weighted by Crippen LogP contribution is -2.47. The molecule has 1 aliphatic rings. The van der Waals surface area contributed by atoms with Gasteiger partial charge in [-0.05, 0) is 37.1 Å². The maximum absolute atomic E-state index is 11.5. The van der Waals surface area contributed by atoms with Gasteiger partial charge in [0.05, 0.1) is 12.6 Å². The molecular weight excluding hydrogens is 250 g/mol. The number of rotatable bonds is 3. The molecule has 1 heterocycles. The number of hydrogen-bond acceptors (Lipinski definition) is 3. The van der Waals surface area contributed by atoms with Crippen LogP contribution in [0, 0.1) is 11.8 Å². The van der Waals surface area contributed by atoms with Crippen LogP contribution in [-0.2, 0) is 11.3 Å². The largest absolute Gasteiger partial charge is 0.368 e. The number of nitrogens with zero attached hydrogens (tertiary/aromatic N) is 1. The van der Waals surface area contributed by atoms with E-state index in [1.165, 1.54) is 0 Å². The number of carbonyl (C=O) groups excluding carboxylic acids is 1. The van der Waals surface area contributed by atoms with Crippen LogP contribution in [0.1, 0.15) is 30.4 Å². The van der Waals surface area contributed by atoms with Crippen LogP contribution in [0.3, 0.4) is 0 Å². The third-order valence-corrected chi connectivity index (χ3v) is 3.59. The predicted octanol–water partition coefficient (Wildman–Crippen LogP) is 0.837. The van der Waals surface area contributed by atoms with E-state index in [9.17, 15) is 4.79 Å². The Morgan fingerprint density at radius 1 is 1.40 bits per heavy atom. The second kappa shape index (κ2) is 7.09. The van der Waals surface area contributed by atoms with E-state index in [-0.39, 0.29) is 11.9 Å². The summed E-state index contributed by atoms with van der Waals surface area (Å²) in [5, 5.41) is 0. The molecule has 1 fully saturated rings. The summed E-state index contributed by atoms with van der Waals surface area (Å²) in [7, 11) is 0. The van der Waals surface area contributed by atoms with E-state index in [2.05, 4.69) is 28.9 Å². The van der Waals surface area contributed by atoms with Crippen molar-refractivity contribution in [3.63, 3.8) is 0 Å². The zero-order valence-corrected chi connectivity index (χ0v) is 11.6. The van der Waals surface area contributed by atoms with E-state index >= 15 is 0 Å². The van der Waals surface area contributed by atoms with E-state index in [1.807, 2.05) is 12.1 Å². The molecule has 0 aromatic heterocycles. The van der Waals surface area contributed by atoms with Crippen molar-refractivity contribution < 1.29 is 4.79 Å². The number of hydrogen-bond donors (Lipinski definition) is 2. The molecule has 1 aromatic rings. The van der Waals surface area contributed by atoms with Gasteiger partial charge in [0, 0.05) is 12.1 Å². The van der Waals surface area contributed by atoms with Gasteiger partial charge in [-0.1, -0.05) is 30.4 Å². The van der Waals surface area contributed by atoms with E-state index in [4.69, 9.17) is 11.5 Å². The molecule has 1 atom stereocenters. The normalized spacial score (nSPS) is 19.1. The van der Waals surface area contributed by atoms with Gasteiger partial charge in [0.15, 0.2) is 0 Å². The monoisotopic (exact) mass is 271 g/mol. The lowest BCUT2D eigenvalue weighted by molar-refractivity contribution is -0.124. The van der Waals surface area contributed by atoms with Crippen LogP contribution in [0.2, 0.25) is 0 Å². The van der Waals surface area contributed by atoms with E-state index in [0.717, 1.165) is 43.5 Å². The van der Waals surface area contributed by atoms with Gasteiger partial charge in [0.25, 0.3) is 0 Å². The predicted molar refractivity (Wildman–Crippen MR) is 79.6 cm³/mol. The van der Waals surface area contributed by atoms with Crippen molar-refractivity contribution in [1.29, 1.82) is 0 Å². The fraction of sp³-hybridized carbons (Fsp3) is 0.438. The van der Waals surface area contributed by atoms with Crippen molar-refractivity contribution in [2.75, 3.05) is 13.1 Å². The fourth-order valence-electron chi connectivity index (χ4n) is 2.64. The highest BCUT2D eigenvalue weighted by Crippen LogP contribution is 2.19. The zero-order chi connectivity index (χ0) is 14.4. The number of nitrogens with two attached hydrogens (primary N) is 2. The first-order valence-electron chi connectivity index (χ1n) is 7.02. The molecule has 0 spiro atoms. The van der Waals surface area contributed by atoms with Crippen LogP contribution >= 0.6 is 0 Å². The molecule has 4 N–H and O–H groups in total. The first kappa shape index (κ1) is 14.6. The minimum absolute atomic E-state index is 0.137. The molecule has 0 saturated carbocycles. The third-order valence-electron chi connectivity index (χ3n) is 3.59. The minimum atomic E-state index is -0.219. The smallest absolute Gasteiger partial charge is 0.234 e. The molecule has 1 aromatic carbocycles. The molecule has 1 aliphatic heterocycles. The number of benzene rings is 1. The van der Waals surface area contributed by atoms with Crippen molar-refractivity contribution in [3.8, 4) is 11.8 Å². The lowest BCUT2D eigenvalue weighted by Gasteiger charge is -2.33. The highest BCUT2D eigenvalue weighted by molar-refractivity contribution is 5.79. The van der Waals surface area contributed by atoms with E-state index in [0.29, 0.717) is 6.54 Å². The number of primary amides is 1. The highest BCUT2D eigenvalue weighted by Gasteiger charge is 2.26. The van der Waals surface area contributed by atoms with Crippen molar-refractivity contribution in [2.24, 2.45) is 11.5 Å². The Hall–Kier alpha value is -1.83. The summed E-state index contributed by atoms with van der Waals surface area (Å²) in [4.78, 5) is 13.7. The van der Waals surface area contributed by atoms with Crippen molar-refractivity contribution in [3.05, 3.63) is 35.4 Å². The quantitative estimate of drug-likeness (QED) is 0.800. The van der Waals surface area contributed by atoms with Gasteiger partial charge < -0.3 is 11.5 Å². The third kappa shape index (κ3) is 3.83. The van der Waals surface area contributed by atoms with Crippen molar-refractivity contribution >= 4 is 5.91 Å². The summed E-state index contributed by atoms with van der Waals surface area (Å²) in [6, 6.07) is 7.92. The first-order chi connectivity index (χ1) is 9.70. The van der Waals surface area contributed by atoms with Gasteiger partial charge in [-0.25, -0.2) is 0 Å². The first-order valence-corrected chi connectivity index (χ1v) is 7.02. The summed E-state index contributed by atoms with van der Waals surface area (Å²) in [5.41, 5.74) is 13.0. The average molecular weight is 271 g/mol. The summed E-state index contributed by atoms with van der Waals surface area (Å²) in [6.07, 6.45) is 3.06. The molecule has 20 heavy (non-hydrogen) atoms. The van der Waals surface area contributed by atoms with Crippen LogP contribution in [0.25, 0.3) is 0 Å². The maximum Gasteiger partial charge on any atom is 0.234 e.